The van der Waals surface area contributed by atoms with E-state index in [2.05, 4.69) is 29.8 Å². The molecular formula is C9H18BrN. The summed E-state index contributed by atoms with van der Waals surface area (Å²) in [6, 6.07) is 0. The van der Waals surface area contributed by atoms with Crippen molar-refractivity contribution in [3.63, 3.8) is 0 Å². The van der Waals surface area contributed by atoms with Crippen LogP contribution in [0.3, 0.4) is 0 Å². The van der Waals surface area contributed by atoms with Crippen molar-refractivity contribution in [3.8, 4) is 0 Å². The van der Waals surface area contributed by atoms with E-state index in [1.165, 1.54) is 25.7 Å². The molecule has 2 N–H and O–H groups in total. The number of halogens is 1. The number of hydrogen-bond acceptors (Lipinski definition) is 1. The van der Waals surface area contributed by atoms with Crippen molar-refractivity contribution in [2.24, 2.45) is 11.7 Å². The van der Waals surface area contributed by atoms with E-state index >= 15 is 0 Å². The zero-order chi connectivity index (χ0) is 8.69. The van der Waals surface area contributed by atoms with Crippen molar-refractivity contribution in [2.45, 2.75) is 39.5 Å². The second kappa shape index (κ2) is 6.71. The van der Waals surface area contributed by atoms with Crippen LogP contribution >= 0.6 is 15.9 Å². The summed E-state index contributed by atoms with van der Waals surface area (Å²) in [7, 11) is 0. The molecule has 0 spiro atoms. The van der Waals surface area contributed by atoms with E-state index in [-0.39, 0.29) is 0 Å². The van der Waals surface area contributed by atoms with Crippen LogP contribution in [0, 0.1) is 5.92 Å². The van der Waals surface area contributed by atoms with E-state index in [0.29, 0.717) is 5.92 Å². The average Bonchev–Trinajstić information content (AvgIpc) is 2.05. The van der Waals surface area contributed by atoms with Crippen LogP contribution in [0.1, 0.15) is 39.5 Å². The van der Waals surface area contributed by atoms with E-state index in [4.69, 9.17) is 5.73 Å². The van der Waals surface area contributed by atoms with Gasteiger partial charge in [0.1, 0.15) is 0 Å². The van der Waals surface area contributed by atoms with Crippen molar-refractivity contribution in [3.05, 3.63) is 10.7 Å². The maximum absolute atomic E-state index is 5.41. The van der Waals surface area contributed by atoms with Crippen LogP contribution in [-0.4, -0.2) is 0 Å². The van der Waals surface area contributed by atoms with Crippen LogP contribution in [-0.2, 0) is 0 Å². The Kier molecular flexibility index (Phi) is 6.73. The molecule has 0 aliphatic rings. The van der Waals surface area contributed by atoms with E-state index in [1.54, 1.807) is 6.20 Å². The molecule has 0 aliphatic heterocycles. The topological polar surface area (TPSA) is 26.0 Å². The summed E-state index contributed by atoms with van der Waals surface area (Å²) >= 11 is 3.47. The van der Waals surface area contributed by atoms with Crippen LogP contribution in [0.4, 0.5) is 0 Å². The maximum Gasteiger partial charge on any atom is 0.0136 e. The Morgan fingerprint density at radius 1 is 1.55 bits per heavy atom. The van der Waals surface area contributed by atoms with Crippen LogP contribution in [0.25, 0.3) is 0 Å². The number of nitrogens with two attached hydrogens (primary N) is 1. The third kappa shape index (κ3) is 4.46. The molecule has 0 rings (SSSR count). The smallest absolute Gasteiger partial charge is 0.0136 e. The second-order valence-corrected chi connectivity index (χ2v) is 3.71. The van der Waals surface area contributed by atoms with Gasteiger partial charge in [0.15, 0.2) is 0 Å². The zero-order valence-electron chi connectivity index (χ0n) is 7.44. The van der Waals surface area contributed by atoms with Gasteiger partial charge in [0.05, 0.1) is 0 Å². The van der Waals surface area contributed by atoms with Gasteiger partial charge in [0, 0.05) is 10.7 Å². The lowest BCUT2D eigenvalue weighted by atomic mass is 9.99. The highest BCUT2D eigenvalue weighted by molar-refractivity contribution is 9.11. The van der Waals surface area contributed by atoms with Crippen molar-refractivity contribution >= 4 is 15.9 Å². The van der Waals surface area contributed by atoms with Crippen LogP contribution in [0.2, 0.25) is 0 Å². The lowest BCUT2D eigenvalue weighted by Gasteiger charge is -2.12. The lowest BCUT2D eigenvalue weighted by molar-refractivity contribution is 0.534. The zero-order valence-corrected chi connectivity index (χ0v) is 9.02. The number of rotatable bonds is 5. The summed E-state index contributed by atoms with van der Waals surface area (Å²) in [5.41, 5.74) is 5.41. The molecule has 11 heavy (non-hydrogen) atoms. The molecule has 0 heterocycles. The first-order chi connectivity index (χ1) is 5.26. The van der Waals surface area contributed by atoms with E-state index < -0.39 is 0 Å². The summed E-state index contributed by atoms with van der Waals surface area (Å²) in [6.45, 7) is 4.41. The molecule has 0 saturated carbocycles. The van der Waals surface area contributed by atoms with Crippen molar-refractivity contribution in [2.75, 3.05) is 0 Å². The van der Waals surface area contributed by atoms with Gasteiger partial charge in [-0.3, -0.25) is 0 Å². The van der Waals surface area contributed by atoms with E-state index in [1.807, 2.05) is 0 Å². The van der Waals surface area contributed by atoms with Crippen LogP contribution in [0.5, 0.6) is 0 Å². The average molecular weight is 220 g/mol. The standard InChI is InChI=1S/C9H18BrN/c1-3-5-6-8(4-2)9(10)7-11/h7-8H,3-6,11H2,1-2H3. The van der Waals surface area contributed by atoms with Gasteiger partial charge in [-0.05, 0) is 18.8 Å². The molecule has 0 fully saturated rings. The molecule has 2 heteroatoms. The Morgan fingerprint density at radius 3 is 2.55 bits per heavy atom. The predicted molar refractivity (Wildman–Crippen MR) is 54.5 cm³/mol. The van der Waals surface area contributed by atoms with Gasteiger partial charge in [0.2, 0.25) is 0 Å². The molecule has 0 aromatic heterocycles. The van der Waals surface area contributed by atoms with Gasteiger partial charge < -0.3 is 5.73 Å². The number of hydrogen-bond donors (Lipinski definition) is 1. The molecule has 1 atom stereocenters. The number of unbranched alkanes of at least 4 members (excludes halogenated alkanes) is 1. The van der Waals surface area contributed by atoms with Gasteiger partial charge in [-0.25, -0.2) is 0 Å². The first-order valence-electron chi connectivity index (χ1n) is 4.33. The Labute approximate surface area is 78.2 Å². The Bertz CT molecular complexity index is 121. The normalized spacial score (nSPS) is 15.0. The minimum absolute atomic E-state index is 0.639. The summed E-state index contributed by atoms with van der Waals surface area (Å²) in [4.78, 5) is 0. The Morgan fingerprint density at radius 2 is 2.18 bits per heavy atom. The molecule has 0 saturated heterocycles. The monoisotopic (exact) mass is 219 g/mol. The van der Waals surface area contributed by atoms with Gasteiger partial charge >= 0.3 is 0 Å². The third-order valence-corrected chi connectivity index (χ3v) is 2.86. The minimum Gasteiger partial charge on any atom is -0.404 e. The number of allylic oxidation sites excluding steroid dienone is 1. The van der Waals surface area contributed by atoms with Crippen molar-refractivity contribution in [1.29, 1.82) is 0 Å². The summed E-state index contributed by atoms with van der Waals surface area (Å²) in [5, 5.41) is 0. The fourth-order valence-corrected chi connectivity index (χ4v) is 1.68. The Balaban J connectivity index is 3.75. The molecule has 0 aliphatic carbocycles. The molecule has 1 unspecified atom stereocenters. The van der Waals surface area contributed by atoms with E-state index in [0.717, 1.165) is 4.48 Å². The molecule has 0 bridgehead atoms. The third-order valence-electron chi connectivity index (χ3n) is 1.95. The fourth-order valence-electron chi connectivity index (χ4n) is 1.12. The maximum atomic E-state index is 5.41. The largest absolute Gasteiger partial charge is 0.404 e. The van der Waals surface area contributed by atoms with Gasteiger partial charge in [-0.1, -0.05) is 42.6 Å². The van der Waals surface area contributed by atoms with Gasteiger partial charge in [-0.2, -0.15) is 0 Å². The fraction of sp³-hybridized carbons (Fsp3) is 0.778. The molecule has 66 valence electrons. The molecule has 0 aromatic carbocycles. The van der Waals surface area contributed by atoms with Crippen LogP contribution < -0.4 is 5.73 Å². The predicted octanol–water partition coefficient (Wildman–Crippen LogP) is 3.40. The highest BCUT2D eigenvalue weighted by atomic mass is 79.9. The summed E-state index contributed by atoms with van der Waals surface area (Å²) in [5.74, 6) is 0.639. The Hall–Kier alpha value is 0.0200. The molecular weight excluding hydrogens is 202 g/mol. The first-order valence-corrected chi connectivity index (χ1v) is 5.12. The quantitative estimate of drug-likeness (QED) is 0.754. The van der Waals surface area contributed by atoms with Crippen molar-refractivity contribution < 1.29 is 0 Å². The highest BCUT2D eigenvalue weighted by Gasteiger charge is 2.07. The SMILES string of the molecule is CCCCC(CC)C(Br)=CN. The molecule has 1 nitrogen and oxygen atoms in total. The van der Waals surface area contributed by atoms with E-state index in [9.17, 15) is 0 Å². The van der Waals surface area contributed by atoms with Gasteiger partial charge in [-0.15, -0.1) is 0 Å². The second-order valence-electron chi connectivity index (χ2n) is 2.80. The highest BCUT2D eigenvalue weighted by Crippen LogP contribution is 2.25. The minimum atomic E-state index is 0.639. The molecule has 0 radical (unpaired) electrons. The molecule has 0 amide bonds. The van der Waals surface area contributed by atoms with Gasteiger partial charge in [0.25, 0.3) is 0 Å². The van der Waals surface area contributed by atoms with Crippen LogP contribution in [0.15, 0.2) is 10.7 Å². The van der Waals surface area contributed by atoms with Crippen molar-refractivity contribution in [1.82, 2.24) is 0 Å². The lowest BCUT2D eigenvalue weighted by Crippen LogP contribution is -2.00. The summed E-state index contributed by atoms with van der Waals surface area (Å²) in [6.07, 6.45) is 6.65. The molecule has 0 aromatic rings. The first kappa shape index (κ1) is 11.0. The summed E-state index contributed by atoms with van der Waals surface area (Å²) < 4.78 is 1.16.